The molecule has 30 heavy (non-hydrogen) atoms. The molecule has 1 aromatic carbocycles. The van der Waals surface area contributed by atoms with E-state index in [4.69, 9.17) is 0 Å². The molecule has 1 saturated heterocycles. The van der Waals surface area contributed by atoms with Crippen LogP contribution in [0.3, 0.4) is 0 Å². The number of nitrogens with zero attached hydrogens (tertiary/aromatic N) is 4. The summed E-state index contributed by atoms with van der Waals surface area (Å²) in [5.74, 6) is 1.13. The molecule has 0 bridgehead atoms. The summed E-state index contributed by atoms with van der Waals surface area (Å²) < 4.78 is 1.77. The fourth-order valence-corrected chi connectivity index (χ4v) is 4.37. The van der Waals surface area contributed by atoms with Crippen LogP contribution in [0.15, 0.2) is 36.5 Å². The summed E-state index contributed by atoms with van der Waals surface area (Å²) in [6, 6.07) is 10.0. The number of anilines is 2. The Kier molecular flexibility index (Phi) is 4.43. The second-order valence-electron chi connectivity index (χ2n) is 7.93. The number of amides is 1. The average Bonchev–Trinajstić information content (AvgIpc) is 3.44. The van der Waals surface area contributed by atoms with Crippen molar-refractivity contribution in [3.63, 3.8) is 0 Å². The highest BCUT2D eigenvalue weighted by molar-refractivity contribution is 6.07. The van der Waals surface area contributed by atoms with Crippen LogP contribution in [-0.2, 0) is 7.05 Å². The van der Waals surface area contributed by atoms with Gasteiger partial charge in [0, 0.05) is 54.4 Å². The summed E-state index contributed by atoms with van der Waals surface area (Å²) in [6.07, 6.45) is 4.18. The van der Waals surface area contributed by atoms with Crippen LogP contribution in [0.4, 0.5) is 11.6 Å². The number of rotatable bonds is 4. The minimum absolute atomic E-state index is 0.196. The smallest absolute Gasteiger partial charge is 0.256 e. The first-order valence-electron chi connectivity index (χ1n) is 10.2. The number of fused-ring (bicyclic) bond motifs is 2. The first-order valence-corrected chi connectivity index (χ1v) is 10.2. The summed E-state index contributed by atoms with van der Waals surface area (Å²) in [7, 11) is 5.86. The van der Waals surface area contributed by atoms with Crippen LogP contribution in [0, 0.1) is 0 Å². The van der Waals surface area contributed by atoms with Crippen LogP contribution in [0.2, 0.25) is 0 Å². The number of aryl methyl sites for hydroxylation is 1. The summed E-state index contributed by atoms with van der Waals surface area (Å²) in [6.45, 7) is 1.12. The van der Waals surface area contributed by atoms with Gasteiger partial charge in [0.1, 0.15) is 5.82 Å². The number of pyridine rings is 1. The van der Waals surface area contributed by atoms with Crippen LogP contribution < -0.4 is 10.6 Å². The van der Waals surface area contributed by atoms with Gasteiger partial charge >= 0.3 is 0 Å². The Morgan fingerprint density at radius 3 is 2.87 bits per heavy atom. The number of hydrogen-bond acceptors (Lipinski definition) is 5. The molecular weight excluding hydrogens is 378 g/mol. The van der Waals surface area contributed by atoms with E-state index >= 15 is 0 Å². The molecule has 4 heterocycles. The lowest BCUT2D eigenvalue weighted by molar-refractivity contribution is 0.102. The van der Waals surface area contributed by atoms with Gasteiger partial charge in [-0.1, -0.05) is 0 Å². The molecule has 1 amide bonds. The lowest BCUT2D eigenvalue weighted by Crippen LogP contribution is -2.17. The maximum atomic E-state index is 12.8. The van der Waals surface area contributed by atoms with Gasteiger partial charge in [0.05, 0.1) is 11.0 Å². The monoisotopic (exact) mass is 403 g/mol. The Bertz CT molecular complexity index is 1260. The molecule has 0 spiro atoms. The van der Waals surface area contributed by atoms with Crippen molar-refractivity contribution < 1.29 is 4.79 Å². The molecule has 3 N–H and O–H groups in total. The van der Waals surface area contributed by atoms with E-state index in [1.807, 2.05) is 38.5 Å². The van der Waals surface area contributed by atoms with Crippen molar-refractivity contribution in [1.29, 1.82) is 0 Å². The van der Waals surface area contributed by atoms with Crippen LogP contribution in [0.1, 0.15) is 34.9 Å². The van der Waals surface area contributed by atoms with Crippen molar-refractivity contribution in [2.45, 2.75) is 18.9 Å². The number of benzene rings is 1. The average molecular weight is 403 g/mol. The van der Waals surface area contributed by atoms with Crippen LogP contribution >= 0.6 is 0 Å². The van der Waals surface area contributed by atoms with E-state index < -0.39 is 0 Å². The van der Waals surface area contributed by atoms with Gasteiger partial charge in [-0.3, -0.25) is 14.4 Å². The van der Waals surface area contributed by atoms with Crippen molar-refractivity contribution in [1.82, 2.24) is 24.6 Å². The molecule has 1 aliphatic heterocycles. The molecular formula is C22H25N7O. The molecule has 0 radical (unpaired) electrons. The molecule has 154 valence electrons. The Hall–Kier alpha value is -3.39. The van der Waals surface area contributed by atoms with E-state index in [1.165, 1.54) is 12.1 Å². The summed E-state index contributed by atoms with van der Waals surface area (Å²) >= 11 is 0. The molecule has 5 rings (SSSR count). The molecule has 0 unspecified atom stereocenters. The molecule has 8 heteroatoms. The van der Waals surface area contributed by atoms with E-state index in [-0.39, 0.29) is 5.91 Å². The lowest BCUT2D eigenvalue weighted by Gasteiger charge is -2.17. The largest absolute Gasteiger partial charge is 0.371 e. The van der Waals surface area contributed by atoms with Gasteiger partial charge in [-0.15, -0.1) is 0 Å². The van der Waals surface area contributed by atoms with Crippen molar-refractivity contribution in [2.24, 2.45) is 7.05 Å². The zero-order valence-electron chi connectivity index (χ0n) is 17.4. The molecule has 0 saturated carbocycles. The second kappa shape index (κ2) is 7.14. The number of nitrogens with one attached hydrogen (secondary N) is 3. The normalized spacial score (nSPS) is 17.1. The van der Waals surface area contributed by atoms with Crippen molar-refractivity contribution >= 4 is 39.3 Å². The second-order valence-corrected chi connectivity index (χ2v) is 7.93. The number of aromatic nitrogens is 4. The number of hydrogen-bond donors (Lipinski definition) is 3. The Labute approximate surface area is 174 Å². The van der Waals surface area contributed by atoms with Gasteiger partial charge in [0.25, 0.3) is 5.91 Å². The van der Waals surface area contributed by atoms with Crippen LogP contribution in [0.25, 0.3) is 21.8 Å². The predicted octanol–water partition coefficient (Wildman–Crippen LogP) is 3.51. The fourth-order valence-electron chi connectivity index (χ4n) is 4.37. The topological polar surface area (TPSA) is 90.9 Å². The van der Waals surface area contributed by atoms with Crippen molar-refractivity contribution in [2.75, 3.05) is 31.3 Å². The van der Waals surface area contributed by atoms with E-state index in [0.717, 1.165) is 40.6 Å². The number of H-pyrrole nitrogens is 1. The molecule has 8 nitrogen and oxygen atoms in total. The van der Waals surface area contributed by atoms with Gasteiger partial charge in [-0.2, -0.15) is 5.10 Å². The quantitative estimate of drug-likeness (QED) is 0.485. The number of likely N-dealkylation sites (tertiary alicyclic amines) is 1. The Morgan fingerprint density at radius 2 is 2.10 bits per heavy atom. The molecule has 4 aromatic rings. The minimum Gasteiger partial charge on any atom is -0.371 e. The summed E-state index contributed by atoms with van der Waals surface area (Å²) in [4.78, 5) is 23.1. The predicted molar refractivity (Wildman–Crippen MR) is 119 cm³/mol. The zero-order chi connectivity index (χ0) is 20.8. The third kappa shape index (κ3) is 3.09. The first kappa shape index (κ1) is 18.6. The highest BCUT2D eigenvalue weighted by Crippen LogP contribution is 2.32. The fraction of sp³-hybridized carbons (Fsp3) is 0.318. The SMILES string of the molecule is CNc1nn(C)c2cc(C(=O)Nc3cc4[nH]c([C@H]5CCCN5C)cc4cn3)ccc12. The van der Waals surface area contributed by atoms with E-state index in [9.17, 15) is 4.79 Å². The standard InChI is InChI=1S/C22H25N7O/c1-23-21-15-7-6-13(10-19(15)29(3)27-21)22(30)26-20-11-16-14(12-24-20)9-17(25-16)18-5-4-8-28(18)2/h6-7,9-12,18,25H,4-5,8H2,1-3H3,(H,23,27)(H,24,26,30)/t18-/m1/s1. The van der Waals surface area contributed by atoms with Crippen LogP contribution in [-0.4, -0.2) is 51.2 Å². The highest BCUT2D eigenvalue weighted by Gasteiger charge is 2.24. The van der Waals surface area contributed by atoms with Gasteiger partial charge in [0.15, 0.2) is 5.82 Å². The Balaban J connectivity index is 1.40. The number of carbonyl (C=O) groups is 1. The third-order valence-corrected chi connectivity index (χ3v) is 6.00. The van der Waals surface area contributed by atoms with Crippen molar-refractivity contribution in [3.8, 4) is 0 Å². The summed E-state index contributed by atoms with van der Waals surface area (Å²) in [5, 5.41) is 12.4. The molecule has 0 aliphatic carbocycles. The maximum Gasteiger partial charge on any atom is 0.256 e. The van der Waals surface area contributed by atoms with Gasteiger partial charge in [0.2, 0.25) is 0 Å². The van der Waals surface area contributed by atoms with E-state index in [0.29, 0.717) is 17.4 Å². The van der Waals surface area contributed by atoms with Gasteiger partial charge < -0.3 is 15.6 Å². The Morgan fingerprint density at radius 1 is 1.23 bits per heavy atom. The maximum absolute atomic E-state index is 12.8. The lowest BCUT2D eigenvalue weighted by atomic mass is 10.1. The number of aromatic amines is 1. The molecule has 3 aromatic heterocycles. The third-order valence-electron chi connectivity index (χ3n) is 6.00. The molecule has 1 aliphatic rings. The van der Waals surface area contributed by atoms with Gasteiger partial charge in [-0.25, -0.2) is 4.98 Å². The molecule has 1 atom stereocenters. The molecule has 1 fully saturated rings. The minimum atomic E-state index is -0.196. The van der Waals surface area contributed by atoms with E-state index in [2.05, 4.69) is 43.7 Å². The zero-order valence-corrected chi connectivity index (χ0v) is 17.4. The summed E-state index contributed by atoms with van der Waals surface area (Å²) in [5.41, 5.74) is 3.65. The van der Waals surface area contributed by atoms with Gasteiger partial charge in [-0.05, 0) is 50.7 Å². The number of carbonyl (C=O) groups excluding carboxylic acids is 1. The van der Waals surface area contributed by atoms with E-state index in [1.54, 1.807) is 10.7 Å². The first-order chi connectivity index (χ1) is 14.5. The van der Waals surface area contributed by atoms with Crippen LogP contribution in [0.5, 0.6) is 0 Å². The highest BCUT2D eigenvalue weighted by atomic mass is 16.1. The van der Waals surface area contributed by atoms with Crippen molar-refractivity contribution in [3.05, 3.63) is 47.8 Å².